The summed E-state index contributed by atoms with van der Waals surface area (Å²) in [6.07, 6.45) is 7.90. The van der Waals surface area contributed by atoms with Crippen LogP contribution in [0.25, 0.3) is 0 Å². The third-order valence-corrected chi connectivity index (χ3v) is 2.98. The minimum absolute atomic E-state index is 0.262. The van der Waals surface area contributed by atoms with Crippen LogP contribution in [0.1, 0.15) is 43.5 Å². The van der Waals surface area contributed by atoms with Crippen LogP contribution >= 0.6 is 0 Å². The van der Waals surface area contributed by atoms with Gasteiger partial charge in [-0.2, -0.15) is 0 Å². The Hall–Kier alpha value is -0.870. The molecule has 1 heterocycles. The molecule has 4 nitrogen and oxygen atoms in total. The van der Waals surface area contributed by atoms with E-state index in [-0.39, 0.29) is 6.54 Å². The minimum atomic E-state index is -0.571. The zero-order valence-corrected chi connectivity index (χ0v) is 8.26. The fourth-order valence-electron chi connectivity index (χ4n) is 2.18. The molecule has 1 fully saturated rings. The van der Waals surface area contributed by atoms with Crippen LogP contribution in [0.5, 0.6) is 0 Å². The second kappa shape index (κ2) is 4.11. The number of aliphatic hydroxyl groups excluding tert-OH is 1. The smallest absolute Gasteiger partial charge is 0.108 e. The van der Waals surface area contributed by atoms with Gasteiger partial charge < -0.3 is 15.4 Å². The van der Waals surface area contributed by atoms with Crippen molar-refractivity contribution in [3.8, 4) is 0 Å². The van der Waals surface area contributed by atoms with Gasteiger partial charge in [0.15, 0.2) is 0 Å². The van der Waals surface area contributed by atoms with E-state index in [9.17, 15) is 5.11 Å². The van der Waals surface area contributed by atoms with Gasteiger partial charge in [-0.3, -0.25) is 0 Å². The van der Waals surface area contributed by atoms with E-state index in [0.717, 1.165) is 5.69 Å². The monoisotopic (exact) mass is 195 g/mol. The van der Waals surface area contributed by atoms with Gasteiger partial charge in [-0.15, -0.1) is 0 Å². The molecule has 4 heteroatoms. The van der Waals surface area contributed by atoms with E-state index in [1.807, 2.05) is 6.33 Å². The number of nitrogens with two attached hydrogens (primary N) is 1. The van der Waals surface area contributed by atoms with Crippen LogP contribution in [0.2, 0.25) is 0 Å². The van der Waals surface area contributed by atoms with E-state index in [1.165, 1.54) is 25.7 Å². The van der Waals surface area contributed by atoms with Crippen molar-refractivity contribution in [2.45, 2.75) is 37.8 Å². The Kier molecular flexibility index (Phi) is 2.84. The molecule has 14 heavy (non-hydrogen) atoms. The first-order valence-corrected chi connectivity index (χ1v) is 5.22. The summed E-state index contributed by atoms with van der Waals surface area (Å²) in [5.41, 5.74) is 6.30. The third kappa shape index (κ3) is 1.67. The zero-order valence-electron chi connectivity index (χ0n) is 8.26. The normalized spacial score (nSPS) is 20.1. The maximum atomic E-state index is 9.67. The molecular formula is C10H17N3O. The highest BCUT2D eigenvalue weighted by Crippen LogP contribution is 2.31. The van der Waals surface area contributed by atoms with Gasteiger partial charge >= 0.3 is 0 Å². The van der Waals surface area contributed by atoms with Gasteiger partial charge in [-0.05, 0) is 12.8 Å². The first kappa shape index (κ1) is 9.68. The lowest BCUT2D eigenvalue weighted by Crippen LogP contribution is -2.17. The summed E-state index contributed by atoms with van der Waals surface area (Å²) in [6, 6.07) is 0.522. The highest BCUT2D eigenvalue weighted by atomic mass is 16.3. The number of nitrogens with zero attached hydrogens (tertiary/aromatic N) is 2. The number of aromatic nitrogens is 2. The molecule has 1 aliphatic carbocycles. The molecule has 0 aliphatic heterocycles. The summed E-state index contributed by atoms with van der Waals surface area (Å²) < 4.78 is 2.09. The molecule has 0 saturated heterocycles. The Labute approximate surface area is 83.8 Å². The molecular weight excluding hydrogens is 178 g/mol. The number of hydrogen-bond donors (Lipinski definition) is 2. The van der Waals surface area contributed by atoms with Crippen molar-refractivity contribution in [1.29, 1.82) is 0 Å². The largest absolute Gasteiger partial charge is 0.385 e. The molecule has 1 aromatic rings. The van der Waals surface area contributed by atoms with Crippen molar-refractivity contribution < 1.29 is 5.11 Å². The van der Waals surface area contributed by atoms with Gasteiger partial charge in [0.1, 0.15) is 6.10 Å². The predicted molar refractivity (Wildman–Crippen MR) is 53.7 cm³/mol. The molecule has 0 amide bonds. The van der Waals surface area contributed by atoms with Crippen molar-refractivity contribution in [2.24, 2.45) is 5.73 Å². The molecule has 1 aromatic heterocycles. The SMILES string of the molecule is NCC(O)c1cncn1C1CCCC1. The van der Waals surface area contributed by atoms with Crippen LogP contribution in [-0.4, -0.2) is 21.2 Å². The van der Waals surface area contributed by atoms with Gasteiger partial charge in [-0.25, -0.2) is 4.98 Å². The van der Waals surface area contributed by atoms with E-state index >= 15 is 0 Å². The van der Waals surface area contributed by atoms with Gasteiger partial charge in [0, 0.05) is 12.6 Å². The number of rotatable bonds is 3. The highest BCUT2D eigenvalue weighted by Gasteiger charge is 2.21. The summed E-state index contributed by atoms with van der Waals surface area (Å²) in [6.45, 7) is 0.262. The Morgan fingerprint density at radius 2 is 2.29 bits per heavy atom. The molecule has 0 radical (unpaired) electrons. The molecule has 78 valence electrons. The molecule has 3 N–H and O–H groups in total. The summed E-state index contributed by atoms with van der Waals surface area (Å²) >= 11 is 0. The Bertz CT molecular complexity index is 291. The molecule has 1 saturated carbocycles. The van der Waals surface area contributed by atoms with Crippen molar-refractivity contribution in [2.75, 3.05) is 6.54 Å². The molecule has 0 bridgehead atoms. The fourth-order valence-corrected chi connectivity index (χ4v) is 2.18. The summed E-state index contributed by atoms with van der Waals surface area (Å²) in [5, 5.41) is 9.67. The maximum absolute atomic E-state index is 9.67. The molecule has 1 atom stereocenters. The van der Waals surface area contributed by atoms with Crippen molar-refractivity contribution in [1.82, 2.24) is 9.55 Å². The first-order chi connectivity index (χ1) is 6.83. The van der Waals surface area contributed by atoms with Crippen LogP contribution in [0.15, 0.2) is 12.5 Å². The van der Waals surface area contributed by atoms with E-state index in [0.29, 0.717) is 6.04 Å². The van der Waals surface area contributed by atoms with E-state index in [1.54, 1.807) is 6.20 Å². The topological polar surface area (TPSA) is 64.1 Å². The zero-order chi connectivity index (χ0) is 9.97. The predicted octanol–water partition coefficient (Wildman–Crippen LogP) is 0.990. The number of imidazole rings is 1. The van der Waals surface area contributed by atoms with Crippen LogP contribution in [0.3, 0.4) is 0 Å². The van der Waals surface area contributed by atoms with Crippen LogP contribution in [0, 0.1) is 0 Å². The van der Waals surface area contributed by atoms with E-state index in [2.05, 4.69) is 9.55 Å². The fraction of sp³-hybridized carbons (Fsp3) is 0.700. The Morgan fingerprint density at radius 1 is 1.57 bits per heavy atom. The lowest BCUT2D eigenvalue weighted by molar-refractivity contribution is 0.174. The maximum Gasteiger partial charge on any atom is 0.108 e. The quantitative estimate of drug-likeness (QED) is 0.756. The number of aliphatic hydroxyl groups is 1. The second-order valence-electron chi connectivity index (χ2n) is 3.92. The van der Waals surface area contributed by atoms with Crippen LogP contribution in [-0.2, 0) is 0 Å². The minimum Gasteiger partial charge on any atom is -0.385 e. The van der Waals surface area contributed by atoms with Gasteiger partial charge in [0.25, 0.3) is 0 Å². The van der Waals surface area contributed by atoms with Gasteiger partial charge in [0.2, 0.25) is 0 Å². The Morgan fingerprint density at radius 3 is 2.93 bits per heavy atom. The van der Waals surface area contributed by atoms with Crippen molar-refractivity contribution in [3.63, 3.8) is 0 Å². The van der Waals surface area contributed by atoms with Crippen LogP contribution in [0.4, 0.5) is 0 Å². The standard InChI is InChI=1S/C10H17N3O/c11-5-10(14)9-6-12-7-13(9)8-3-1-2-4-8/h6-8,10,14H,1-5,11H2. The molecule has 1 unspecified atom stereocenters. The third-order valence-electron chi connectivity index (χ3n) is 2.98. The van der Waals surface area contributed by atoms with Crippen molar-refractivity contribution in [3.05, 3.63) is 18.2 Å². The second-order valence-corrected chi connectivity index (χ2v) is 3.92. The molecule has 2 rings (SSSR count). The lowest BCUT2D eigenvalue weighted by Gasteiger charge is -2.17. The molecule has 0 spiro atoms. The average molecular weight is 195 g/mol. The first-order valence-electron chi connectivity index (χ1n) is 5.22. The molecule has 1 aliphatic rings. The Balaban J connectivity index is 2.19. The lowest BCUT2D eigenvalue weighted by atomic mass is 10.2. The molecule has 0 aromatic carbocycles. The van der Waals surface area contributed by atoms with E-state index in [4.69, 9.17) is 5.73 Å². The van der Waals surface area contributed by atoms with Crippen molar-refractivity contribution >= 4 is 0 Å². The van der Waals surface area contributed by atoms with Gasteiger partial charge in [0.05, 0.1) is 18.2 Å². The van der Waals surface area contributed by atoms with Crippen LogP contribution < -0.4 is 5.73 Å². The highest BCUT2D eigenvalue weighted by molar-refractivity contribution is 5.05. The van der Waals surface area contributed by atoms with E-state index < -0.39 is 6.10 Å². The summed E-state index contributed by atoms with van der Waals surface area (Å²) in [7, 11) is 0. The number of hydrogen-bond acceptors (Lipinski definition) is 3. The van der Waals surface area contributed by atoms with Gasteiger partial charge in [-0.1, -0.05) is 12.8 Å². The summed E-state index contributed by atoms with van der Waals surface area (Å²) in [5.74, 6) is 0. The average Bonchev–Trinajstić information content (AvgIpc) is 2.85. The summed E-state index contributed by atoms with van der Waals surface area (Å²) in [4.78, 5) is 4.08.